The van der Waals surface area contributed by atoms with Gasteiger partial charge in [-0.1, -0.05) is 20.8 Å². The van der Waals surface area contributed by atoms with E-state index in [1.54, 1.807) is 20.8 Å². The Hall–Kier alpha value is -1.46. The Morgan fingerprint density at radius 3 is 1.82 bits per heavy atom. The molecule has 0 fully saturated rings. The predicted molar refractivity (Wildman–Crippen MR) is 88.9 cm³/mol. The van der Waals surface area contributed by atoms with Crippen LogP contribution in [0, 0.1) is 5.41 Å². The third-order valence-electron chi connectivity index (χ3n) is 2.50. The SMILES string of the molecule is CC(C)(C)CC(C)(C)NC(=O)NCCNC(=O)OC(C)(C)C. The number of ether oxygens (including phenoxy) is 1. The quantitative estimate of drug-likeness (QED) is 0.682. The van der Waals surface area contributed by atoms with Gasteiger partial charge >= 0.3 is 12.1 Å². The van der Waals surface area contributed by atoms with Gasteiger partial charge in [0, 0.05) is 18.6 Å². The summed E-state index contributed by atoms with van der Waals surface area (Å²) in [6.45, 7) is 16.5. The zero-order chi connectivity index (χ0) is 17.6. The molecule has 6 heteroatoms. The van der Waals surface area contributed by atoms with E-state index in [-0.39, 0.29) is 17.0 Å². The Balaban J connectivity index is 3.98. The lowest BCUT2D eigenvalue weighted by molar-refractivity contribution is 0.0528. The standard InChI is InChI=1S/C16H33N3O3/c1-14(2,3)11-16(7,8)19-12(20)17-9-10-18-13(21)22-15(4,5)6/h9-11H2,1-8H3,(H,18,21)(H2,17,19,20). The summed E-state index contributed by atoms with van der Waals surface area (Å²) in [6, 6.07) is -0.236. The van der Waals surface area contributed by atoms with Crippen LogP contribution in [0.25, 0.3) is 0 Å². The maximum atomic E-state index is 11.9. The fraction of sp³-hybridized carbons (Fsp3) is 0.875. The van der Waals surface area contributed by atoms with E-state index in [1.165, 1.54) is 0 Å². The molecule has 0 aliphatic rings. The number of hydrogen-bond acceptors (Lipinski definition) is 3. The molecule has 130 valence electrons. The maximum absolute atomic E-state index is 11.9. The maximum Gasteiger partial charge on any atom is 0.407 e. The number of nitrogens with one attached hydrogen (secondary N) is 3. The van der Waals surface area contributed by atoms with Crippen molar-refractivity contribution in [3.8, 4) is 0 Å². The first-order valence-corrected chi connectivity index (χ1v) is 7.73. The van der Waals surface area contributed by atoms with Gasteiger partial charge in [-0.3, -0.25) is 0 Å². The van der Waals surface area contributed by atoms with E-state index in [2.05, 4.69) is 36.7 Å². The number of alkyl carbamates (subject to hydrolysis) is 1. The number of rotatable bonds is 5. The van der Waals surface area contributed by atoms with Crippen LogP contribution >= 0.6 is 0 Å². The molecule has 6 nitrogen and oxygen atoms in total. The van der Waals surface area contributed by atoms with Crippen molar-refractivity contribution in [2.45, 2.75) is 73.0 Å². The van der Waals surface area contributed by atoms with Gasteiger partial charge in [0.15, 0.2) is 0 Å². The van der Waals surface area contributed by atoms with Gasteiger partial charge in [-0.2, -0.15) is 0 Å². The number of hydrogen-bond donors (Lipinski definition) is 3. The molecule has 0 unspecified atom stereocenters. The number of carbonyl (C=O) groups excluding carboxylic acids is 2. The largest absolute Gasteiger partial charge is 0.444 e. The van der Waals surface area contributed by atoms with Crippen molar-refractivity contribution >= 4 is 12.1 Å². The fourth-order valence-corrected chi connectivity index (χ4v) is 2.38. The van der Waals surface area contributed by atoms with E-state index in [0.717, 1.165) is 6.42 Å². The highest BCUT2D eigenvalue weighted by molar-refractivity contribution is 5.74. The van der Waals surface area contributed by atoms with E-state index in [1.807, 2.05) is 13.8 Å². The minimum Gasteiger partial charge on any atom is -0.444 e. The Bertz CT molecular complexity index is 379. The lowest BCUT2D eigenvalue weighted by Gasteiger charge is -2.33. The molecular formula is C16H33N3O3. The van der Waals surface area contributed by atoms with Gasteiger partial charge in [-0.15, -0.1) is 0 Å². The monoisotopic (exact) mass is 315 g/mol. The highest BCUT2D eigenvalue weighted by atomic mass is 16.6. The van der Waals surface area contributed by atoms with Crippen LogP contribution in [0.2, 0.25) is 0 Å². The van der Waals surface area contributed by atoms with Crippen molar-refractivity contribution in [1.29, 1.82) is 0 Å². The first-order chi connectivity index (χ1) is 9.70. The molecule has 3 N–H and O–H groups in total. The Morgan fingerprint density at radius 1 is 0.864 bits per heavy atom. The minimum absolute atomic E-state index is 0.134. The highest BCUT2D eigenvalue weighted by Gasteiger charge is 2.26. The lowest BCUT2D eigenvalue weighted by Crippen LogP contribution is -2.51. The Labute approximate surface area is 134 Å². The molecule has 0 aromatic heterocycles. The Kier molecular flexibility index (Phi) is 7.19. The van der Waals surface area contributed by atoms with E-state index in [9.17, 15) is 9.59 Å². The van der Waals surface area contributed by atoms with Gasteiger partial charge in [-0.05, 0) is 46.5 Å². The summed E-state index contributed by atoms with van der Waals surface area (Å²) in [6.07, 6.45) is 0.381. The summed E-state index contributed by atoms with van der Waals surface area (Å²) < 4.78 is 5.10. The van der Waals surface area contributed by atoms with Crippen molar-refractivity contribution in [3.05, 3.63) is 0 Å². The van der Waals surface area contributed by atoms with Crippen LogP contribution in [0.5, 0.6) is 0 Å². The normalized spacial score (nSPS) is 12.5. The summed E-state index contributed by atoms with van der Waals surface area (Å²) >= 11 is 0. The van der Waals surface area contributed by atoms with Gasteiger partial charge < -0.3 is 20.7 Å². The number of urea groups is 1. The zero-order valence-electron chi connectivity index (χ0n) is 15.3. The van der Waals surface area contributed by atoms with Gasteiger partial charge in [0.2, 0.25) is 0 Å². The van der Waals surface area contributed by atoms with Crippen molar-refractivity contribution < 1.29 is 14.3 Å². The van der Waals surface area contributed by atoms with Crippen LogP contribution < -0.4 is 16.0 Å². The smallest absolute Gasteiger partial charge is 0.407 e. The van der Waals surface area contributed by atoms with Crippen molar-refractivity contribution in [2.24, 2.45) is 5.41 Å². The van der Waals surface area contributed by atoms with Crippen LogP contribution in [0.3, 0.4) is 0 Å². The highest BCUT2D eigenvalue weighted by Crippen LogP contribution is 2.26. The number of carbonyl (C=O) groups is 2. The topological polar surface area (TPSA) is 79.5 Å². The van der Waals surface area contributed by atoms with Gasteiger partial charge in [0.05, 0.1) is 0 Å². The van der Waals surface area contributed by atoms with Crippen LogP contribution in [0.15, 0.2) is 0 Å². The summed E-state index contributed by atoms with van der Waals surface area (Å²) in [5, 5.41) is 8.26. The van der Waals surface area contributed by atoms with Gasteiger partial charge in [0.25, 0.3) is 0 Å². The molecule has 0 aromatic rings. The minimum atomic E-state index is -0.522. The molecule has 0 saturated carbocycles. The van der Waals surface area contributed by atoms with Crippen molar-refractivity contribution in [2.75, 3.05) is 13.1 Å². The van der Waals surface area contributed by atoms with Gasteiger partial charge in [0.1, 0.15) is 5.60 Å². The predicted octanol–water partition coefficient (Wildman–Crippen LogP) is 3.03. The molecule has 0 radical (unpaired) electrons. The van der Waals surface area contributed by atoms with Gasteiger partial charge in [-0.25, -0.2) is 9.59 Å². The molecule has 0 atom stereocenters. The van der Waals surface area contributed by atoms with E-state index >= 15 is 0 Å². The first kappa shape index (κ1) is 20.5. The molecule has 0 aliphatic heterocycles. The molecular weight excluding hydrogens is 282 g/mol. The number of amides is 3. The molecule has 22 heavy (non-hydrogen) atoms. The molecule has 0 bridgehead atoms. The fourth-order valence-electron chi connectivity index (χ4n) is 2.38. The summed E-state index contributed by atoms with van der Waals surface area (Å²) in [5.41, 5.74) is -0.679. The molecule has 0 spiro atoms. The Morgan fingerprint density at radius 2 is 1.36 bits per heavy atom. The second kappa shape index (κ2) is 7.70. The third kappa shape index (κ3) is 12.3. The second-order valence-electron chi connectivity index (χ2n) is 8.43. The third-order valence-corrected chi connectivity index (χ3v) is 2.50. The average Bonchev–Trinajstić information content (AvgIpc) is 2.17. The van der Waals surface area contributed by atoms with Crippen LogP contribution in [0.4, 0.5) is 9.59 Å². The zero-order valence-corrected chi connectivity index (χ0v) is 15.3. The van der Waals surface area contributed by atoms with Crippen LogP contribution in [0.1, 0.15) is 61.8 Å². The van der Waals surface area contributed by atoms with E-state index < -0.39 is 11.7 Å². The molecule has 0 aromatic carbocycles. The van der Waals surface area contributed by atoms with E-state index in [0.29, 0.717) is 13.1 Å². The van der Waals surface area contributed by atoms with Crippen molar-refractivity contribution in [1.82, 2.24) is 16.0 Å². The summed E-state index contributed by atoms with van der Waals surface area (Å²) in [4.78, 5) is 23.3. The molecule has 0 heterocycles. The molecule has 0 rings (SSSR count). The molecule has 3 amide bonds. The molecule has 0 saturated heterocycles. The first-order valence-electron chi connectivity index (χ1n) is 7.73. The van der Waals surface area contributed by atoms with E-state index in [4.69, 9.17) is 4.74 Å². The van der Waals surface area contributed by atoms with Crippen LogP contribution in [-0.4, -0.2) is 36.4 Å². The average molecular weight is 315 g/mol. The van der Waals surface area contributed by atoms with Crippen LogP contribution in [-0.2, 0) is 4.74 Å². The summed E-state index contributed by atoms with van der Waals surface area (Å²) in [5.74, 6) is 0. The lowest BCUT2D eigenvalue weighted by atomic mass is 9.82. The van der Waals surface area contributed by atoms with Crippen molar-refractivity contribution in [3.63, 3.8) is 0 Å². The molecule has 0 aliphatic carbocycles. The summed E-state index contributed by atoms with van der Waals surface area (Å²) in [7, 11) is 0. The second-order valence-corrected chi connectivity index (χ2v) is 8.43.